The van der Waals surface area contributed by atoms with Gasteiger partial charge in [0.15, 0.2) is 5.65 Å². The highest BCUT2D eigenvalue weighted by atomic mass is 35.5. The van der Waals surface area contributed by atoms with Gasteiger partial charge in [-0.3, -0.25) is 23.9 Å². The maximum absolute atomic E-state index is 15.2. The third-order valence-electron chi connectivity index (χ3n) is 8.51. The van der Waals surface area contributed by atoms with Gasteiger partial charge in [-0.25, -0.2) is 9.37 Å². The van der Waals surface area contributed by atoms with Crippen molar-refractivity contribution in [2.45, 2.75) is 31.7 Å². The number of aryl methyl sites for hydroxylation is 1. The van der Waals surface area contributed by atoms with Crippen LogP contribution in [-0.2, 0) is 9.59 Å². The van der Waals surface area contributed by atoms with Crippen LogP contribution in [0.25, 0.3) is 28.0 Å². The van der Waals surface area contributed by atoms with E-state index in [4.69, 9.17) is 20.7 Å². The van der Waals surface area contributed by atoms with E-state index in [0.29, 0.717) is 21.8 Å². The topological polar surface area (TPSA) is 112 Å². The van der Waals surface area contributed by atoms with Gasteiger partial charge in [-0.2, -0.15) is 0 Å². The SMILES string of the molecule is [2H]C([2H])([2H])N1C(=O)[C@H]2CN(C(=O)C=C)CCN2c2c1c(=O)n(-c1c(C)ccnc1C1CC1)c1nc(-c3c(O)cccc3F)c(Cl)cc21. The summed E-state index contributed by atoms with van der Waals surface area (Å²) in [7, 11) is 0. The van der Waals surface area contributed by atoms with Crippen LogP contribution in [0.15, 0.2) is 54.0 Å². The summed E-state index contributed by atoms with van der Waals surface area (Å²) in [5.74, 6) is -2.50. The number of hydrogen-bond acceptors (Lipinski definition) is 7. The van der Waals surface area contributed by atoms with E-state index in [1.165, 1.54) is 27.7 Å². The van der Waals surface area contributed by atoms with Crippen LogP contribution in [0.1, 0.15) is 34.1 Å². The summed E-state index contributed by atoms with van der Waals surface area (Å²) in [5.41, 5.74) is 0.0190. The lowest BCUT2D eigenvalue weighted by molar-refractivity contribution is -0.128. The van der Waals surface area contributed by atoms with Gasteiger partial charge in [0.05, 0.1) is 39.9 Å². The molecule has 7 rings (SSSR count). The molecule has 224 valence electrons. The predicted octanol–water partition coefficient (Wildman–Crippen LogP) is 4.31. The van der Waals surface area contributed by atoms with Gasteiger partial charge >= 0.3 is 0 Å². The third kappa shape index (κ3) is 4.10. The highest BCUT2D eigenvalue weighted by Crippen LogP contribution is 2.46. The lowest BCUT2D eigenvalue weighted by Crippen LogP contribution is -2.63. The lowest BCUT2D eigenvalue weighted by Gasteiger charge is -2.47. The van der Waals surface area contributed by atoms with E-state index in [9.17, 15) is 19.5 Å². The van der Waals surface area contributed by atoms with Gasteiger partial charge in [-0.05, 0) is 55.7 Å². The van der Waals surface area contributed by atoms with Crippen LogP contribution in [0.2, 0.25) is 5.02 Å². The first-order chi connectivity index (χ1) is 22.3. The second-order valence-corrected chi connectivity index (χ2v) is 11.6. The molecular formula is C32H28ClFN6O4. The zero-order chi connectivity index (χ0) is 33.5. The van der Waals surface area contributed by atoms with Crippen molar-refractivity contribution in [3.63, 3.8) is 0 Å². The standard InChI is InChI=1S/C32H28ClFN6O4/c1-4-23(42)38-12-13-39-21(15-38)31(43)37(3)29-28(39)18-14-19(33)26(24-20(34)6-5-7-22(24)41)36-30(18)40(32(29)44)27-16(2)10-11-35-25(27)17-8-9-17/h4-7,10-11,14,17,21,41H,1,8-9,12-13,15H2,2-3H3/t21-/m1/s1/i3D3. The Labute approximate surface area is 260 Å². The molecule has 44 heavy (non-hydrogen) atoms. The van der Waals surface area contributed by atoms with E-state index in [0.717, 1.165) is 25.0 Å². The van der Waals surface area contributed by atoms with Crippen LogP contribution in [0, 0.1) is 12.7 Å². The number of fused-ring (bicyclic) bond motifs is 5. The fourth-order valence-corrected chi connectivity index (χ4v) is 6.49. The second-order valence-electron chi connectivity index (χ2n) is 11.2. The average molecular weight is 618 g/mol. The number of piperazine rings is 1. The minimum absolute atomic E-state index is 0.00279. The van der Waals surface area contributed by atoms with Crippen LogP contribution in [-0.4, -0.2) is 69.0 Å². The summed E-state index contributed by atoms with van der Waals surface area (Å²) in [6.07, 6.45) is 4.38. The largest absolute Gasteiger partial charge is 0.507 e. The minimum Gasteiger partial charge on any atom is -0.507 e. The van der Waals surface area contributed by atoms with Crippen LogP contribution >= 0.6 is 11.6 Å². The molecule has 2 amide bonds. The quantitative estimate of drug-likeness (QED) is 0.340. The maximum atomic E-state index is 15.2. The molecule has 2 fully saturated rings. The van der Waals surface area contributed by atoms with E-state index >= 15 is 4.39 Å². The Morgan fingerprint density at radius 3 is 2.70 bits per heavy atom. The number of likely N-dealkylation sites (N-methyl/N-ethyl adjacent to an activating group) is 1. The maximum Gasteiger partial charge on any atom is 0.283 e. The Hall–Kier alpha value is -4.77. The zero-order valence-corrected chi connectivity index (χ0v) is 24.3. The Bertz CT molecular complexity index is 2080. The van der Waals surface area contributed by atoms with E-state index in [1.807, 2.05) is 0 Å². The third-order valence-corrected chi connectivity index (χ3v) is 8.79. The molecule has 1 N–H and O–H groups in total. The van der Waals surface area contributed by atoms with Crippen LogP contribution in [0.3, 0.4) is 0 Å². The number of phenolic OH excluding ortho intramolecular Hbond substituents is 1. The van der Waals surface area contributed by atoms with Gasteiger partial charge in [0.1, 0.15) is 23.3 Å². The fourth-order valence-electron chi connectivity index (χ4n) is 6.25. The van der Waals surface area contributed by atoms with Crippen molar-refractivity contribution in [3.05, 3.63) is 81.6 Å². The monoisotopic (exact) mass is 617 g/mol. The molecule has 1 saturated carbocycles. The van der Waals surface area contributed by atoms with Gasteiger partial charge in [-0.1, -0.05) is 24.2 Å². The van der Waals surface area contributed by atoms with Crippen molar-refractivity contribution >= 4 is 45.8 Å². The van der Waals surface area contributed by atoms with Crippen LogP contribution < -0.4 is 15.4 Å². The number of benzene rings is 1. The average Bonchev–Trinajstić information content (AvgIpc) is 3.87. The van der Waals surface area contributed by atoms with E-state index in [2.05, 4.69) is 11.6 Å². The molecule has 0 radical (unpaired) electrons. The van der Waals surface area contributed by atoms with Gasteiger partial charge in [0, 0.05) is 41.7 Å². The number of anilines is 2. The molecule has 0 unspecified atom stereocenters. The van der Waals surface area contributed by atoms with E-state index in [1.54, 1.807) is 24.1 Å². The number of carbonyl (C=O) groups excluding carboxylic acids is 2. The molecule has 2 aliphatic heterocycles. The summed E-state index contributed by atoms with van der Waals surface area (Å²) >= 11 is 6.78. The summed E-state index contributed by atoms with van der Waals surface area (Å²) in [5, 5.41) is 10.8. The smallest absolute Gasteiger partial charge is 0.283 e. The molecule has 1 atom stereocenters. The van der Waals surface area contributed by atoms with Crippen LogP contribution in [0.5, 0.6) is 5.75 Å². The van der Waals surface area contributed by atoms with E-state index < -0.39 is 47.6 Å². The Morgan fingerprint density at radius 1 is 1.20 bits per heavy atom. The number of aromatic nitrogens is 3. The Morgan fingerprint density at radius 2 is 2.00 bits per heavy atom. The molecule has 0 bridgehead atoms. The summed E-state index contributed by atoms with van der Waals surface area (Å²) < 4.78 is 41.6. The molecule has 3 aliphatic rings. The number of pyridine rings is 3. The molecule has 4 aromatic rings. The molecular weight excluding hydrogens is 587 g/mol. The molecule has 12 heteroatoms. The van der Waals surface area contributed by atoms with Crippen molar-refractivity contribution in [3.8, 4) is 22.7 Å². The van der Waals surface area contributed by atoms with Gasteiger partial charge in [-0.15, -0.1) is 0 Å². The number of nitrogens with zero attached hydrogens (tertiary/aromatic N) is 6. The van der Waals surface area contributed by atoms with Gasteiger partial charge < -0.3 is 19.8 Å². The van der Waals surface area contributed by atoms with Crippen molar-refractivity contribution in [2.75, 3.05) is 36.4 Å². The van der Waals surface area contributed by atoms with Gasteiger partial charge in [0.25, 0.3) is 11.5 Å². The molecule has 10 nitrogen and oxygen atoms in total. The molecule has 1 saturated heterocycles. The summed E-state index contributed by atoms with van der Waals surface area (Å²) in [4.78, 5) is 54.4. The van der Waals surface area contributed by atoms with Crippen molar-refractivity contribution in [1.82, 2.24) is 19.4 Å². The number of halogens is 2. The van der Waals surface area contributed by atoms with Crippen molar-refractivity contribution in [1.29, 1.82) is 0 Å². The summed E-state index contributed by atoms with van der Waals surface area (Å²) in [6.45, 7) is 2.28. The normalized spacial score (nSPS) is 19.2. The zero-order valence-electron chi connectivity index (χ0n) is 26.5. The number of hydrogen-bond donors (Lipinski definition) is 1. The van der Waals surface area contributed by atoms with E-state index in [-0.39, 0.29) is 58.6 Å². The number of rotatable bonds is 4. The second kappa shape index (κ2) is 10.2. The number of phenols is 1. The Balaban J connectivity index is 1.63. The molecule has 1 aromatic carbocycles. The van der Waals surface area contributed by atoms with Crippen molar-refractivity contribution in [2.24, 2.45) is 0 Å². The van der Waals surface area contributed by atoms with Crippen molar-refractivity contribution < 1.29 is 23.2 Å². The Kier molecular flexibility index (Phi) is 5.69. The molecule has 0 spiro atoms. The van der Waals surface area contributed by atoms with Gasteiger partial charge in [0.2, 0.25) is 5.91 Å². The number of amides is 2. The lowest BCUT2D eigenvalue weighted by atomic mass is 10.00. The van der Waals surface area contributed by atoms with Crippen LogP contribution in [0.4, 0.5) is 15.8 Å². The molecule has 5 heterocycles. The minimum atomic E-state index is -3.09. The first-order valence-corrected chi connectivity index (χ1v) is 14.5. The number of aromatic hydroxyl groups is 1. The first kappa shape index (κ1) is 24.6. The summed E-state index contributed by atoms with van der Waals surface area (Å²) in [6, 6.07) is 5.74. The predicted molar refractivity (Wildman–Crippen MR) is 165 cm³/mol. The number of carbonyl (C=O) groups is 2. The fraction of sp³-hybridized carbons (Fsp3) is 0.281. The first-order valence-electron chi connectivity index (χ1n) is 15.6. The molecule has 3 aromatic heterocycles. The molecule has 1 aliphatic carbocycles. The highest BCUT2D eigenvalue weighted by molar-refractivity contribution is 6.34. The highest BCUT2D eigenvalue weighted by Gasteiger charge is 2.44.